The van der Waals surface area contributed by atoms with E-state index < -0.39 is 0 Å². The van der Waals surface area contributed by atoms with E-state index in [1.807, 2.05) is 12.1 Å². The smallest absolute Gasteiger partial charge is 0.319 e. The van der Waals surface area contributed by atoms with Gasteiger partial charge in [0.15, 0.2) is 0 Å². The molecule has 0 saturated heterocycles. The lowest BCUT2D eigenvalue weighted by Crippen LogP contribution is -2.30. The van der Waals surface area contributed by atoms with Crippen LogP contribution in [0.15, 0.2) is 24.3 Å². The number of nitrogens with two attached hydrogens (primary N) is 1. The molecule has 0 heterocycles. The number of amides is 2. The van der Waals surface area contributed by atoms with Gasteiger partial charge in [0, 0.05) is 17.4 Å². The molecule has 2 rings (SSSR count). The Bertz CT molecular complexity index is 347. The lowest BCUT2D eigenvalue weighted by atomic mass is 10.3. The highest BCUT2D eigenvalue weighted by atomic mass is 16.2. The Balaban J connectivity index is 1.92. The first-order valence-electron chi connectivity index (χ1n) is 4.67. The fourth-order valence-corrected chi connectivity index (χ4v) is 1.20. The summed E-state index contributed by atoms with van der Waals surface area (Å²) >= 11 is 0. The first-order chi connectivity index (χ1) is 6.74. The molecule has 2 amide bonds. The summed E-state index contributed by atoms with van der Waals surface area (Å²) in [5, 5.41) is 5.55. The highest BCUT2D eigenvalue weighted by molar-refractivity contribution is 5.90. The summed E-state index contributed by atoms with van der Waals surface area (Å²) in [5.74, 6) is 0. The van der Waals surface area contributed by atoms with Crippen LogP contribution in [0, 0.1) is 0 Å². The van der Waals surface area contributed by atoms with E-state index in [0.29, 0.717) is 11.7 Å². The van der Waals surface area contributed by atoms with Crippen LogP contribution < -0.4 is 16.4 Å². The summed E-state index contributed by atoms with van der Waals surface area (Å²) in [6, 6.07) is 7.34. The Morgan fingerprint density at radius 3 is 2.86 bits per heavy atom. The lowest BCUT2D eigenvalue weighted by Gasteiger charge is -2.06. The van der Waals surface area contributed by atoms with E-state index in [-0.39, 0.29) is 6.03 Å². The van der Waals surface area contributed by atoms with Crippen molar-refractivity contribution >= 4 is 17.4 Å². The number of hydrogen-bond acceptors (Lipinski definition) is 2. The molecule has 0 unspecified atom stereocenters. The molecule has 1 aliphatic carbocycles. The van der Waals surface area contributed by atoms with Crippen molar-refractivity contribution in [2.75, 3.05) is 11.1 Å². The molecule has 74 valence electrons. The molecule has 0 radical (unpaired) electrons. The number of nitrogen functional groups attached to an aromatic ring is 1. The first kappa shape index (κ1) is 8.87. The number of carbonyl (C=O) groups is 1. The van der Waals surface area contributed by atoms with E-state index in [0.717, 1.165) is 18.5 Å². The Labute approximate surface area is 82.5 Å². The van der Waals surface area contributed by atoms with Crippen molar-refractivity contribution in [1.29, 1.82) is 0 Å². The number of benzene rings is 1. The maximum Gasteiger partial charge on any atom is 0.319 e. The van der Waals surface area contributed by atoms with Crippen LogP contribution in [0.1, 0.15) is 12.8 Å². The first-order valence-corrected chi connectivity index (χ1v) is 4.67. The van der Waals surface area contributed by atoms with Crippen molar-refractivity contribution in [2.45, 2.75) is 18.9 Å². The highest BCUT2D eigenvalue weighted by Crippen LogP contribution is 2.19. The van der Waals surface area contributed by atoms with Gasteiger partial charge in [0.1, 0.15) is 0 Å². The molecule has 0 bridgehead atoms. The maximum absolute atomic E-state index is 11.3. The standard InChI is InChI=1S/C10H13N3O/c11-7-2-1-3-9(6-7)13-10(14)12-8-4-5-8/h1-3,6,8H,4-5,11H2,(H2,12,13,14). The van der Waals surface area contributed by atoms with Crippen LogP contribution in [0.25, 0.3) is 0 Å². The monoisotopic (exact) mass is 191 g/mol. The van der Waals surface area contributed by atoms with Crippen LogP contribution >= 0.6 is 0 Å². The van der Waals surface area contributed by atoms with E-state index in [2.05, 4.69) is 10.6 Å². The van der Waals surface area contributed by atoms with Crippen molar-refractivity contribution in [3.05, 3.63) is 24.3 Å². The minimum absolute atomic E-state index is 0.155. The number of urea groups is 1. The largest absolute Gasteiger partial charge is 0.399 e. The second-order valence-corrected chi connectivity index (χ2v) is 3.50. The van der Waals surface area contributed by atoms with Gasteiger partial charge in [-0.25, -0.2) is 4.79 Å². The van der Waals surface area contributed by atoms with Crippen molar-refractivity contribution in [3.63, 3.8) is 0 Å². The van der Waals surface area contributed by atoms with Gasteiger partial charge in [-0.05, 0) is 31.0 Å². The summed E-state index contributed by atoms with van der Waals surface area (Å²) in [7, 11) is 0. The highest BCUT2D eigenvalue weighted by Gasteiger charge is 2.22. The fourth-order valence-electron chi connectivity index (χ4n) is 1.20. The third kappa shape index (κ3) is 2.39. The Morgan fingerprint density at radius 2 is 2.21 bits per heavy atom. The SMILES string of the molecule is Nc1cccc(NC(=O)NC2CC2)c1. The number of hydrogen-bond donors (Lipinski definition) is 3. The molecule has 1 aliphatic rings. The van der Waals surface area contributed by atoms with Crippen LogP contribution in [0.2, 0.25) is 0 Å². The molecule has 1 saturated carbocycles. The third-order valence-corrected chi connectivity index (χ3v) is 2.06. The molecule has 0 aromatic heterocycles. The summed E-state index contributed by atoms with van der Waals surface area (Å²) in [5.41, 5.74) is 6.95. The summed E-state index contributed by atoms with van der Waals surface area (Å²) in [6.07, 6.45) is 2.18. The van der Waals surface area contributed by atoms with Crippen LogP contribution in [0.4, 0.5) is 16.2 Å². The summed E-state index contributed by atoms with van der Waals surface area (Å²) in [6.45, 7) is 0. The van der Waals surface area contributed by atoms with Gasteiger partial charge in [-0.15, -0.1) is 0 Å². The zero-order chi connectivity index (χ0) is 9.97. The molecule has 14 heavy (non-hydrogen) atoms. The maximum atomic E-state index is 11.3. The van der Waals surface area contributed by atoms with Gasteiger partial charge in [0.25, 0.3) is 0 Å². The minimum atomic E-state index is -0.155. The number of carbonyl (C=O) groups excluding carboxylic acids is 1. The molecule has 1 aromatic rings. The van der Waals surface area contributed by atoms with Gasteiger partial charge in [0.05, 0.1) is 0 Å². The number of anilines is 2. The van der Waals surface area contributed by atoms with Crippen molar-refractivity contribution in [3.8, 4) is 0 Å². The van der Waals surface area contributed by atoms with Gasteiger partial charge < -0.3 is 16.4 Å². The summed E-state index contributed by atoms with van der Waals surface area (Å²) in [4.78, 5) is 11.3. The van der Waals surface area contributed by atoms with Crippen molar-refractivity contribution in [2.24, 2.45) is 0 Å². The van der Waals surface area contributed by atoms with Gasteiger partial charge >= 0.3 is 6.03 Å². The Kier molecular flexibility index (Phi) is 2.26. The molecule has 4 heteroatoms. The minimum Gasteiger partial charge on any atom is -0.399 e. The van der Waals surface area contributed by atoms with E-state index >= 15 is 0 Å². The van der Waals surface area contributed by atoms with Gasteiger partial charge in [-0.1, -0.05) is 6.07 Å². The zero-order valence-corrected chi connectivity index (χ0v) is 7.79. The Morgan fingerprint density at radius 1 is 1.43 bits per heavy atom. The predicted octanol–water partition coefficient (Wildman–Crippen LogP) is 1.55. The van der Waals surface area contributed by atoms with E-state index in [4.69, 9.17) is 5.73 Å². The van der Waals surface area contributed by atoms with Crippen LogP contribution in [-0.2, 0) is 0 Å². The van der Waals surface area contributed by atoms with E-state index in [1.165, 1.54) is 0 Å². The van der Waals surface area contributed by atoms with Crippen LogP contribution in [0.5, 0.6) is 0 Å². The average Bonchev–Trinajstić information content (AvgIpc) is 2.87. The van der Waals surface area contributed by atoms with E-state index in [1.54, 1.807) is 12.1 Å². The van der Waals surface area contributed by atoms with Gasteiger partial charge in [-0.2, -0.15) is 0 Å². The molecule has 0 atom stereocenters. The lowest BCUT2D eigenvalue weighted by molar-refractivity contribution is 0.251. The molecule has 4 N–H and O–H groups in total. The van der Waals surface area contributed by atoms with Crippen LogP contribution in [0.3, 0.4) is 0 Å². The molecule has 0 aliphatic heterocycles. The fraction of sp³-hybridized carbons (Fsp3) is 0.300. The molecular weight excluding hydrogens is 178 g/mol. The van der Waals surface area contributed by atoms with Gasteiger partial charge in [0.2, 0.25) is 0 Å². The second-order valence-electron chi connectivity index (χ2n) is 3.50. The van der Waals surface area contributed by atoms with E-state index in [9.17, 15) is 4.79 Å². The average molecular weight is 191 g/mol. The number of rotatable bonds is 2. The predicted molar refractivity (Wildman–Crippen MR) is 56.0 cm³/mol. The zero-order valence-electron chi connectivity index (χ0n) is 7.79. The third-order valence-electron chi connectivity index (χ3n) is 2.06. The molecular formula is C10H13N3O. The van der Waals surface area contributed by atoms with Crippen molar-refractivity contribution < 1.29 is 4.79 Å². The summed E-state index contributed by atoms with van der Waals surface area (Å²) < 4.78 is 0. The topological polar surface area (TPSA) is 67.1 Å². The number of nitrogens with one attached hydrogen (secondary N) is 2. The second kappa shape index (κ2) is 3.57. The molecule has 1 aromatic carbocycles. The van der Waals surface area contributed by atoms with Gasteiger partial charge in [-0.3, -0.25) is 0 Å². The quantitative estimate of drug-likeness (QED) is 0.621. The van der Waals surface area contributed by atoms with Crippen LogP contribution in [-0.4, -0.2) is 12.1 Å². The van der Waals surface area contributed by atoms with Crippen molar-refractivity contribution in [1.82, 2.24) is 5.32 Å². The molecule has 1 fully saturated rings. The normalized spacial score (nSPS) is 14.9. The molecule has 4 nitrogen and oxygen atoms in total. The Hall–Kier alpha value is -1.71. The molecule has 0 spiro atoms.